The molecule has 0 aliphatic heterocycles. The first-order chi connectivity index (χ1) is 10.0. The van der Waals surface area contributed by atoms with Crippen LogP contribution in [0.1, 0.15) is 5.56 Å². The minimum atomic E-state index is -0.287. The van der Waals surface area contributed by atoms with Gasteiger partial charge in [-0.25, -0.2) is 13.8 Å². The lowest BCUT2D eigenvalue weighted by atomic mass is 10.2. The smallest absolute Gasteiger partial charge is 0.206 e. The average molecular weight is 287 g/mol. The number of fused-ring (bicyclic) bond motifs is 1. The van der Waals surface area contributed by atoms with E-state index < -0.39 is 0 Å². The summed E-state index contributed by atoms with van der Waals surface area (Å²) in [6.45, 7) is 0.525. The summed E-state index contributed by atoms with van der Waals surface area (Å²) >= 11 is 0. The normalized spacial score (nSPS) is 11.0. The topological polar surface area (TPSA) is 21.1 Å². The molecule has 3 rings (SSSR count). The summed E-state index contributed by atoms with van der Waals surface area (Å²) in [5.74, 6) is 0.165. The molecule has 0 unspecified atom stereocenters. The van der Waals surface area contributed by atoms with E-state index in [-0.39, 0.29) is 11.6 Å². The van der Waals surface area contributed by atoms with Gasteiger partial charge in [0.1, 0.15) is 11.6 Å². The molecule has 0 aliphatic carbocycles. The van der Waals surface area contributed by atoms with Gasteiger partial charge in [-0.05, 0) is 35.9 Å². The van der Waals surface area contributed by atoms with E-state index in [1.54, 1.807) is 12.1 Å². The van der Waals surface area contributed by atoms with Crippen LogP contribution in [-0.4, -0.2) is 16.6 Å². The Morgan fingerprint density at radius 3 is 2.62 bits per heavy atom. The second-order valence-electron chi connectivity index (χ2n) is 5.09. The molecule has 5 heteroatoms. The standard InChI is InChI=1S/C16H15F2N3/c1-20(10-11-4-3-5-12(17)8-11)16-19-14-7-6-13(18)9-15(14)21(16)2/h3-9H,10H2,1-2H3. The number of hydrogen-bond donors (Lipinski definition) is 0. The van der Waals surface area contributed by atoms with Gasteiger partial charge in [0.05, 0.1) is 11.0 Å². The Kier molecular flexibility index (Phi) is 3.33. The van der Waals surface area contributed by atoms with Crippen LogP contribution in [0.15, 0.2) is 42.5 Å². The van der Waals surface area contributed by atoms with Crippen LogP contribution in [0.25, 0.3) is 11.0 Å². The highest BCUT2D eigenvalue weighted by atomic mass is 19.1. The molecule has 2 aromatic carbocycles. The maximum atomic E-state index is 13.3. The molecule has 0 aliphatic rings. The Balaban J connectivity index is 1.94. The molecule has 0 radical (unpaired) electrons. The SMILES string of the molecule is CN(Cc1cccc(F)c1)c1nc2ccc(F)cc2n1C. The molecule has 0 amide bonds. The fourth-order valence-corrected chi connectivity index (χ4v) is 2.47. The minimum Gasteiger partial charge on any atom is -0.341 e. The third kappa shape index (κ3) is 2.59. The van der Waals surface area contributed by atoms with Crippen LogP contribution >= 0.6 is 0 Å². The van der Waals surface area contributed by atoms with E-state index in [4.69, 9.17) is 0 Å². The van der Waals surface area contributed by atoms with Crippen molar-refractivity contribution in [3.8, 4) is 0 Å². The number of imidazole rings is 1. The van der Waals surface area contributed by atoms with Gasteiger partial charge in [-0.2, -0.15) is 0 Å². The van der Waals surface area contributed by atoms with Gasteiger partial charge in [-0.15, -0.1) is 0 Å². The van der Waals surface area contributed by atoms with Crippen molar-refractivity contribution in [2.75, 3.05) is 11.9 Å². The first kappa shape index (κ1) is 13.5. The van der Waals surface area contributed by atoms with Crippen molar-refractivity contribution in [3.63, 3.8) is 0 Å². The fourth-order valence-electron chi connectivity index (χ4n) is 2.47. The summed E-state index contributed by atoms with van der Waals surface area (Å²) in [4.78, 5) is 6.41. The summed E-state index contributed by atoms with van der Waals surface area (Å²) < 4.78 is 28.4. The van der Waals surface area contributed by atoms with E-state index in [1.165, 1.54) is 24.3 Å². The summed E-state index contributed by atoms with van der Waals surface area (Å²) in [5.41, 5.74) is 2.33. The van der Waals surface area contributed by atoms with Gasteiger partial charge in [-0.3, -0.25) is 0 Å². The third-order valence-electron chi connectivity index (χ3n) is 3.47. The largest absolute Gasteiger partial charge is 0.341 e. The van der Waals surface area contributed by atoms with Gasteiger partial charge >= 0.3 is 0 Å². The van der Waals surface area contributed by atoms with Gasteiger partial charge in [-0.1, -0.05) is 12.1 Å². The van der Waals surface area contributed by atoms with Crippen LogP contribution in [0.2, 0.25) is 0 Å². The molecule has 0 saturated carbocycles. The predicted octanol–water partition coefficient (Wildman–Crippen LogP) is 3.49. The highest BCUT2D eigenvalue weighted by Gasteiger charge is 2.13. The third-order valence-corrected chi connectivity index (χ3v) is 3.47. The maximum Gasteiger partial charge on any atom is 0.206 e. The second kappa shape index (κ2) is 5.16. The van der Waals surface area contributed by atoms with Crippen molar-refractivity contribution < 1.29 is 8.78 Å². The van der Waals surface area contributed by atoms with E-state index in [2.05, 4.69) is 4.98 Å². The monoisotopic (exact) mass is 287 g/mol. The molecule has 0 spiro atoms. The molecular weight excluding hydrogens is 272 g/mol. The Morgan fingerprint density at radius 1 is 1.10 bits per heavy atom. The van der Waals surface area contributed by atoms with E-state index in [0.717, 1.165) is 16.6 Å². The molecule has 0 atom stereocenters. The molecule has 3 nitrogen and oxygen atoms in total. The zero-order chi connectivity index (χ0) is 15.0. The van der Waals surface area contributed by atoms with Gasteiger partial charge in [0, 0.05) is 20.6 Å². The van der Waals surface area contributed by atoms with E-state index in [1.807, 2.05) is 29.6 Å². The molecular formula is C16H15F2N3. The van der Waals surface area contributed by atoms with Crippen molar-refractivity contribution in [2.24, 2.45) is 7.05 Å². The van der Waals surface area contributed by atoms with Crippen LogP contribution in [0.3, 0.4) is 0 Å². The second-order valence-corrected chi connectivity index (χ2v) is 5.09. The van der Waals surface area contributed by atoms with Crippen LogP contribution in [0.4, 0.5) is 14.7 Å². The van der Waals surface area contributed by atoms with E-state index in [0.29, 0.717) is 12.5 Å². The number of benzene rings is 2. The minimum absolute atomic E-state index is 0.257. The maximum absolute atomic E-state index is 13.3. The molecule has 0 N–H and O–H groups in total. The Labute approximate surface area is 121 Å². The molecule has 3 aromatic rings. The number of anilines is 1. The molecule has 108 valence electrons. The number of aryl methyl sites for hydroxylation is 1. The number of nitrogens with zero attached hydrogens (tertiary/aromatic N) is 3. The van der Waals surface area contributed by atoms with Crippen molar-refractivity contribution in [1.82, 2.24) is 9.55 Å². The van der Waals surface area contributed by atoms with Crippen molar-refractivity contribution in [1.29, 1.82) is 0 Å². The quantitative estimate of drug-likeness (QED) is 0.735. The zero-order valence-corrected chi connectivity index (χ0v) is 11.8. The lowest BCUT2D eigenvalue weighted by Crippen LogP contribution is -2.20. The molecule has 0 bridgehead atoms. The summed E-state index contributed by atoms with van der Waals surface area (Å²) in [6, 6.07) is 11.0. The number of rotatable bonds is 3. The van der Waals surface area contributed by atoms with Crippen molar-refractivity contribution in [3.05, 3.63) is 59.7 Å². The zero-order valence-electron chi connectivity index (χ0n) is 11.8. The molecule has 0 fully saturated rings. The molecule has 1 heterocycles. The van der Waals surface area contributed by atoms with Gasteiger partial charge in [0.2, 0.25) is 5.95 Å². The average Bonchev–Trinajstić information content (AvgIpc) is 2.76. The summed E-state index contributed by atoms with van der Waals surface area (Å²) in [5, 5.41) is 0. The Morgan fingerprint density at radius 2 is 1.86 bits per heavy atom. The van der Waals surface area contributed by atoms with E-state index in [9.17, 15) is 8.78 Å². The lowest BCUT2D eigenvalue weighted by Gasteiger charge is -2.18. The number of halogens is 2. The number of aromatic nitrogens is 2. The molecule has 1 aromatic heterocycles. The highest BCUT2D eigenvalue weighted by Crippen LogP contribution is 2.22. The van der Waals surface area contributed by atoms with E-state index >= 15 is 0 Å². The van der Waals surface area contributed by atoms with Crippen molar-refractivity contribution >= 4 is 17.0 Å². The highest BCUT2D eigenvalue weighted by molar-refractivity contribution is 5.78. The molecule has 21 heavy (non-hydrogen) atoms. The van der Waals surface area contributed by atoms with Gasteiger partial charge < -0.3 is 9.47 Å². The van der Waals surface area contributed by atoms with Crippen LogP contribution in [-0.2, 0) is 13.6 Å². The molecule has 0 saturated heterocycles. The first-order valence-corrected chi connectivity index (χ1v) is 6.62. The van der Waals surface area contributed by atoms with Crippen LogP contribution < -0.4 is 4.90 Å². The first-order valence-electron chi connectivity index (χ1n) is 6.62. The van der Waals surface area contributed by atoms with Crippen LogP contribution in [0.5, 0.6) is 0 Å². The lowest BCUT2D eigenvalue weighted by molar-refractivity contribution is 0.624. The Bertz CT molecular complexity index is 795. The Hall–Kier alpha value is -2.43. The van der Waals surface area contributed by atoms with Gasteiger partial charge in [0.15, 0.2) is 0 Å². The van der Waals surface area contributed by atoms with Gasteiger partial charge in [0.25, 0.3) is 0 Å². The van der Waals surface area contributed by atoms with Crippen LogP contribution in [0, 0.1) is 11.6 Å². The summed E-state index contributed by atoms with van der Waals surface area (Å²) in [6.07, 6.45) is 0. The predicted molar refractivity (Wildman–Crippen MR) is 79.2 cm³/mol. The summed E-state index contributed by atoms with van der Waals surface area (Å²) in [7, 11) is 3.72. The fraction of sp³-hybridized carbons (Fsp3) is 0.188. The van der Waals surface area contributed by atoms with Crippen molar-refractivity contribution in [2.45, 2.75) is 6.54 Å². The number of hydrogen-bond acceptors (Lipinski definition) is 2.